The first kappa shape index (κ1) is 13.9. The zero-order valence-electron chi connectivity index (χ0n) is 10.1. The normalized spacial score (nSPS) is 20.9. The highest BCUT2D eigenvalue weighted by atomic mass is 32.2. The Labute approximate surface area is 114 Å². The lowest BCUT2D eigenvalue weighted by Gasteiger charge is -2.04. The third kappa shape index (κ3) is 4.24. The number of carbonyl (C=O) groups is 2. The van der Waals surface area contributed by atoms with Crippen molar-refractivity contribution in [2.75, 3.05) is 11.5 Å². The maximum Gasteiger partial charge on any atom is 0.313 e. The third-order valence-corrected chi connectivity index (χ3v) is 3.81. The molecule has 4 nitrogen and oxygen atoms in total. The van der Waals surface area contributed by atoms with Crippen molar-refractivity contribution in [2.24, 2.45) is 0 Å². The van der Waals surface area contributed by atoms with Crippen LogP contribution in [-0.2, 0) is 9.59 Å². The molecule has 6 heteroatoms. The van der Waals surface area contributed by atoms with Gasteiger partial charge in [-0.05, 0) is 24.1 Å². The van der Waals surface area contributed by atoms with Crippen LogP contribution < -0.4 is 5.32 Å². The zero-order valence-corrected chi connectivity index (χ0v) is 11.0. The van der Waals surface area contributed by atoms with Crippen molar-refractivity contribution in [1.82, 2.24) is 5.32 Å². The predicted octanol–water partition coefficient (Wildman–Crippen LogP) is 1.62. The quantitative estimate of drug-likeness (QED) is 0.832. The monoisotopic (exact) mass is 283 g/mol. The number of nitrogens with one attached hydrogen (secondary N) is 1. The van der Waals surface area contributed by atoms with Gasteiger partial charge in [0.05, 0.1) is 11.5 Å². The molecule has 19 heavy (non-hydrogen) atoms. The molecule has 1 amide bonds. The summed E-state index contributed by atoms with van der Waals surface area (Å²) in [5.74, 6) is -1.02. The molecular weight excluding hydrogens is 269 g/mol. The van der Waals surface area contributed by atoms with Crippen LogP contribution in [0.3, 0.4) is 0 Å². The van der Waals surface area contributed by atoms with Crippen LogP contribution >= 0.6 is 11.8 Å². The topological polar surface area (TPSA) is 66.4 Å². The van der Waals surface area contributed by atoms with Crippen LogP contribution in [0.4, 0.5) is 4.39 Å². The maximum absolute atomic E-state index is 12.8. The van der Waals surface area contributed by atoms with Crippen LogP contribution in [0.25, 0.3) is 0 Å². The van der Waals surface area contributed by atoms with Gasteiger partial charge in [-0.3, -0.25) is 9.59 Å². The molecule has 1 aliphatic rings. The van der Waals surface area contributed by atoms with Gasteiger partial charge in [-0.15, -0.1) is 11.8 Å². The molecule has 0 heterocycles. The number of carboxylic acid groups (broad SMARTS) is 1. The number of carbonyl (C=O) groups excluding carboxylic acids is 1. The molecule has 0 bridgehead atoms. The molecule has 1 saturated carbocycles. The first-order valence-corrected chi connectivity index (χ1v) is 7.06. The van der Waals surface area contributed by atoms with Crippen molar-refractivity contribution in [2.45, 2.75) is 18.4 Å². The zero-order chi connectivity index (χ0) is 13.8. The van der Waals surface area contributed by atoms with Gasteiger partial charge in [0.25, 0.3) is 0 Å². The first-order valence-electron chi connectivity index (χ1n) is 5.90. The molecule has 1 aromatic carbocycles. The van der Waals surface area contributed by atoms with E-state index in [4.69, 9.17) is 5.11 Å². The van der Waals surface area contributed by atoms with Gasteiger partial charge >= 0.3 is 5.97 Å². The van der Waals surface area contributed by atoms with E-state index in [1.165, 1.54) is 12.1 Å². The van der Waals surface area contributed by atoms with E-state index in [9.17, 15) is 14.0 Å². The molecule has 0 aromatic heterocycles. The largest absolute Gasteiger partial charge is 0.481 e. The fourth-order valence-corrected chi connectivity index (χ4v) is 2.46. The lowest BCUT2D eigenvalue weighted by molar-refractivity contribution is -0.133. The minimum atomic E-state index is -0.923. The standard InChI is InChI=1S/C13H14FNO3S/c14-9-3-1-8(2-4-9)10-5-11(10)15-12(16)6-19-7-13(17)18/h1-4,10-11H,5-7H2,(H,15,16)(H,17,18)/t10-,11+/m0/s1. The molecular formula is C13H14FNO3S. The summed E-state index contributed by atoms with van der Waals surface area (Å²) in [7, 11) is 0. The summed E-state index contributed by atoms with van der Waals surface area (Å²) in [4.78, 5) is 21.8. The molecule has 102 valence electrons. The fourth-order valence-electron chi connectivity index (χ4n) is 1.91. The van der Waals surface area contributed by atoms with Gasteiger partial charge in [0.2, 0.25) is 5.91 Å². The fraction of sp³-hybridized carbons (Fsp3) is 0.385. The van der Waals surface area contributed by atoms with E-state index < -0.39 is 5.97 Å². The van der Waals surface area contributed by atoms with Crippen molar-refractivity contribution < 1.29 is 19.1 Å². The number of hydrogen-bond acceptors (Lipinski definition) is 3. The predicted molar refractivity (Wildman–Crippen MR) is 70.6 cm³/mol. The Morgan fingerprint density at radius 1 is 1.32 bits per heavy atom. The van der Waals surface area contributed by atoms with Crippen LogP contribution in [0.15, 0.2) is 24.3 Å². The summed E-state index contributed by atoms with van der Waals surface area (Å²) in [5.41, 5.74) is 1.02. The van der Waals surface area contributed by atoms with E-state index >= 15 is 0 Å². The summed E-state index contributed by atoms with van der Waals surface area (Å²) in [6.07, 6.45) is 0.848. The second-order valence-electron chi connectivity index (χ2n) is 4.45. The van der Waals surface area contributed by atoms with Crippen LogP contribution in [0, 0.1) is 5.82 Å². The van der Waals surface area contributed by atoms with Crippen LogP contribution in [0.1, 0.15) is 17.9 Å². The van der Waals surface area contributed by atoms with Gasteiger partial charge in [0.1, 0.15) is 5.82 Å². The summed E-state index contributed by atoms with van der Waals surface area (Å²) < 4.78 is 12.8. The van der Waals surface area contributed by atoms with E-state index in [1.807, 2.05) is 0 Å². The van der Waals surface area contributed by atoms with E-state index in [2.05, 4.69) is 5.32 Å². The van der Waals surface area contributed by atoms with Crippen molar-refractivity contribution >= 4 is 23.6 Å². The van der Waals surface area contributed by atoms with E-state index in [0.717, 1.165) is 23.7 Å². The highest BCUT2D eigenvalue weighted by Crippen LogP contribution is 2.40. The molecule has 0 aliphatic heterocycles. The average Bonchev–Trinajstić information content (AvgIpc) is 3.08. The Kier molecular flexibility index (Phi) is 4.42. The lowest BCUT2D eigenvalue weighted by atomic mass is 10.1. The molecule has 1 aromatic rings. The second-order valence-corrected chi connectivity index (χ2v) is 5.44. The molecule has 0 spiro atoms. The summed E-state index contributed by atoms with van der Waals surface area (Å²) in [6, 6.07) is 6.37. The minimum absolute atomic E-state index is 0.0700. The Morgan fingerprint density at radius 2 is 2.00 bits per heavy atom. The molecule has 1 fully saturated rings. The SMILES string of the molecule is O=C(O)CSCC(=O)N[C@@H]1C[C@H]1c1ccc(F)cc1. The first-order chi connectivity index (χ1) is 9.06. The highest BCUT2D eigenvalue weighted by molar-refractivity contribution is 8.00. The Hall–Kier alpha value is -1.56. The summed E-state index contributed by atoms with van der Waals surface area (Å²) in [6.45, 7) is 0. The molecule has 2 rings (SSSR count). The number of benzene rings is 1. The molecule has 2 atom stereocenters. The number of thioether (sulfide) groups is 1. The third-order valence-electron chi connectivity index (χ3n) is 2.89. The van der Waals surface area contributed by atoms with Crippen LogP contribution in [-0.4, -0.2) is 34.5 Å². The Balaban J connectivity index is 1.73. The smallest absolute Gasteiger partial charge is 0.313 e. The van der Waals surface area contributed by atoms with Gasteiger partial charge < -0.3 is 10.4 Å². The lowest BCUT2D eigenvalue weighted by Crippen LogP contribution is -2.28. The van der Waals surface area contributed by atoms with Crippen molar-refractivity contribution in [1.29, 1.82) is 0 Å². The van der Waals surface area contributed by atoms with Gasteiger partial charge in [-0.25, -0.2) is 4.39 Å². The number of hydrogen-bond donors (Lipinski definition) is 2. The number of amides is 1. The number of carboxylic acids is 1. The summed E-state index contributed by atoms with van der Waals surface area (Å²) in [5, 5.41) is 11.3. The van der Waals surface area contributed by atoms with Crippen LogP contribution in [0.5, 0.6) is 0 Å². The Morgan fingerprint density at radius 3 is 2.63 bits per heavy atom. The molecule has 2 N–H and O–H groups in total. The maximum atomic E-state index is 12.8. The number of rotatable bonds is 6. The van der Waals surface area contributed by atoms with E-state index in [1.54, 1.807) is 12.1 Å². The van der Waals surface area contributed by atoms with Crippen molar-refractivity contribution in [3.63, 3.8) is 0 Å². The van der Waals surface area contributed by atoms with Gasteiger partial charge in [-0.1, -0.05) is 12.1 Å². The minimum Gasteiger partial charge on any atom is -0.481 e. The van der Waals surface area contributed by atoms with E-state index in [-0.39, 0.29) is 35.2 Å². The molecule has 0 saturated heterocycles. The average molecular weight is 283 g/mol. The van der Waals surface area contributed by atoms with Crippen molar-refractivity contribution in [3.8, 4) is 0 Å². The van der Waals surface area contributed by atoms with Gasteiger partial charge in [0.15, 0.2) is 0 Å². The van der Waals surface area contributed by atoms with Gasteiger partial charge in [0, 0.05) is 12.0 Å². The number of halogens is 1. The highest BCUT2D eigenvalue weighted by Gasteiger charge is 2.39. The van der Waals surface area contributed by atoms with E-state index in [0.29, 0.717) is 0 Å². The van der Waals surface area contributed by atoms with Crippen molar-refractivity contribution in [3.05, 3.63) is 35.6 Å². The molecule has 0 unspecified atom stereocenters. The molecule has 1 aliphatic carbocycles. The molecule has 0 radical (unpaired) electrons. The number of aliphatic carboxylic acids is 1. The van der Waals surface area contributed by atoms with Crippen LogP contribution in [0.2, 0.25) is 0 Å². The Bertz CT molecular complexity index is 477. The summed E-state index contributed by atoms with van der Waals surface area (Å²) >= 11 is 1.08. The second kappa shape index (κ2) is 6.06. The van der Waals surface area contributed by atoms with Gasteiger partial charge in [-0.2, -0.15) is 0 Å².